The first-order valence-electron chi connectivity index (χ1n) is 4.89. The van der Waals surface area contributed by atoms with E-state index in [-0.39, 0.29) is 5.56 Å². The van der Waals surface area contributed by atoms with Crippen molar-refractivity contribution in [2.45, 2.75) is 4.90 Å². The normalized spacial score (nSPS) is 10.4. The van der Waals surface area contributed by atoms with Gasteiger partial charge < -0.3 is 10.8 Å². The average molecular weight is 265 g/mol. The number of aromatic carboxylic acids is 1. The summed E-state index contributed by atoms with van der Waals surface area (Å²) in [7, 11) is 0. The molecular weight excluding hydrogens is 254 g/mol. The van der Waals surface area contributed by atoms with Crippen molar-refractivity contribution in [1.82, 2.24) is 0 Å². The SMILES string of the molecule is CSc1ccc(-c2cc(C(=O)O)c(N)s2)cc1. The molecule has 1 aromatic heterocycles. The Hall–Kier alpha value is -1.46. The van der Waals surface area contributed by atoms with Gasteiger partial charge in [-0.05, 0) is 30.0 Å². The van der Waals surface area contributed by atoms with Crippen LogP contribution in [0.15, 0.2) is 35.2 Å². The zero-order chi connectivity index (χ0) is 12.4. The van der Waals surface area contributed by atoms with E-state index in [2.05, 4.69) is 0 Å². The molecule has 17 heavy (non-hydrogen) atoms. The Balaban J connectivity index is 2.39. The van der Waals surface area contributed by atoms with Crippen LogP contribution in [0, 0.1) is 0 Å². The number of carboxylic acid groups (broad SMARTS) is 1. The Morgan fingerprint density at radius 3 is 2.47 bits per heavy atom. The number of hydrogen-bond donors (Lipinski definition) is 2. The molecule has 0 saturated heterocycles. The fraction of sp³-hybridized carbons (Fsp3) is 0.0833. The minimum atomic E-state index is -0.981. The highest BCUT2D eigenvalue weighted by Gasteiger charge is 2.13. The second kappa shape index (κ2) is 4.81. The van der Waals surface area contributed by atoms with E-state index in [9.17, 15) is 4.79 Å². The number of benzene rings is 1. The molecule has 0 bridgehead atoms. The van der Waals surface area contributed by atoms with Gasteiger partial charge in [-0.25, -0.2) is 4.79 Å². The zero-order valence-corrected chi connectivity index (χ0v) is 10.8. The van der Waals surface area contributed by atoms with Crippen LogP contribution in [0.5, 0.6) is 0 Å². The Morgan fingerprint density at radius 1 is 1.35 bits per heavy atom. The summed E-state index contributed by atoms with van der Waals surface area (Å²) < 4.78 is 0. The first kappa shape index (κ1) is 12.0. The first-order valence-corrected chi connectivity index (χ1v) is 6.93. The zero-order valence-electron chi connectivity index (χ0n) is 9.14. The van der Waals surface area contributed by atoms with E-state index in [1.54, 1.807) is 17.8 Å². The lowest BCUT2D eigenvalue weighted by Crippen LogP contribution is -1.97. The molecule has 0 aliphatic carbocycles. The molecule has 2 rings (SSSR count). The number of nitrogens with two attached hydrogens (primary N) is 1. The minimum absolute atomic E-state index is 0.180. The second-order valence-corrected chi connectivity index (χ2v) is 5.39. The van der Waals surface area contributed by atoms with E-state index in [0.717, 1.165) is 10.4 Å². The molecular formula is C12H11NO2S2. The van der Waals surface area contributed by atoms with Gasteiger partial charge in [0.1, 0.15) is 5.00 Å². The van der Waals surface area contributed by atoms with Crippen molar-refractivity contribution < 1.29 is 9.90 Å². The average Bonchev–Trinajstić information content (AvgIpc) is 2.71. The van der Waals surface area contributed by atoms with Crippen LogP contribution in [0.3, 0.4) is 0 Å². The summed E-state index contributed by atoms with van der Waals surface area (Å²) in [6, 6.07) is 9.59. The molecule has 1 aromatic carbocycles. The van der Waals surface area contributed by atoms with E-state index < -0.39 is 5.97 Å². The molecule has 0 aliphatic heterocycles. The van der Waals surface area contributed by atoms with Crippen molar-refractivity contribution in [1.29, 1.82) is 0 Å². The van der Waals surface area contributed by atoms with E-state index in [1.165, 1.54) is 16.2 Å². The number of hydrogen-bond acceptors (Lipinski definition) is 4. The molecule has 0 aliphatic rings. The van der Waals surface area contributed by atoms with Gasteiger partial charge in [-0.3, -0.25) is 0 Å². The molecule has 3 N–H and O–H groups in total. The van der Waals surface area contributed by atoms with Crippen LogP contribution in [-0.2, 0) is 0 Å². The van der Waals surface area contributed by atoms with Crippen molar-refractivity contribution in [3.8, 4) is 10.4 Å². The molecule has 0 fully saturated rings. The van der Waals surface area contributed by atoms with E-state index >= 15 is 0 Å². The summed E-state index contributed by atoms with van der Waals surface area (Å²) in [4.78, 5) is 12.9. The van der Waals surface area contributed by atoms with Crippen LogP contribution in [0.1, 0.15) is 10.4 Å². The monoisotopic (exact) mass is 265 g/mol. The number of thioether (sulfide) groups is 1. The predicted octanol–water partition coefficient (Wildman–Crippen LogP) is 3.42. The largest absolute Gasteiger partial charge is 0.478 e. The summed E-state index contributed by atoms with van der Waals surface area (Å²) in [5.41, 5.74) is 6.84. The minimum Gasteiger partial charge on any atom is -0.478 e. The number of carboxylic acids is 1. The smallest absolute Gasteiger partial charge is 0.338 e. The quantitative estimate of drug-likeness (QED) is 0.835. The Morgan fingerprint density at radius 2 is 2.00 bits per heavy atom. The van der Waals surface area contributed by atoms with Crippen molar-refractivity contribution in [2.75, 3.05) is 12.0 Å². The van der Waals surface area contributed by atoms with Crippen molar-refractivity contribution >= 4 is 34.1 Å². The molecule has 88 valence electrons. The van der Waals surface area contributed by atoms with Crippen LogP contribution in [0.25, 0.3) is 10.4 Å². The van der Waals surface area contributed by atoms with Gasteiger partial charge in [0.05, 0.1) is 5.56 Å². The lowest BCUT2D eigenvalue weighted by Gasteiger charge is -1.98. The van der Waals surface area contributed by atoms with E-state index in [1.807, 2.05) is 30.5 Å². The van der Waals surface area contributed by atoms with Gasteiger partial charge in [0.2, 0.25) is 0 Å². The topological polar surface area (TPSA) is 63.3 Å². The maximum absolute atomic E-state index is 10.9. The van der Waals surface area contributed by atoms with E-state index in [4.69, 9.17) is 10.8 Å². The third kappa shape index (κ3) is 2.45. The number of anilines is 1. The highest BCUT2D eigenvalue weighted by molar-refractivity contribution is 7.98. The molecule has 0 spiro atoms. The number of carbonyl (C=O) groups is 1. The molecule has 0 radical (unpaired) electrons. The maximum Gasteiger partial charge on any atom is 0.338 e. The van der Waals surface area contributed by atoms with Gasteiger partial charge in [0.15, 0.2) is 0 Å². The van der Waals surface area contributed by atoms with Crippen molar-refractivity contribution in [2.24, 2.45) is 0 Å². The van der Waals surface area contributed by atoms with Gasteiger partial charge in [0, 0.05) is 9.77 Å². The summed E-state index contributed by atoms with van der Waals surface area (Å²) >= 11 is 2.97. The Bertz CT molecular complexity index is 546. The van der Waals surface area contributed by atoms with Gasteiger partial charge in [0.25, 0.3) is 0 Å². The summed E-state index contributed by atoms with van der Waals surface area (Å²) in [6.45, 7) is 0. The number of rotatable bonds is 3. The molecule has 5 heteroatoms. The van der Waals surface area contributed by atoms with Gasteiger partial charge >= 0.3 is 5.97 Å². The lowest BCUT2D eigenvalue weighted by molar-refractivity contribution is 0.0698. The third-order valence-corrected chi connectivity index (χ3v) is 4.12. The van der Waals surface area contributed by atoms with Crippen LogP contribution < -0.4 is 5.73 Å². The lowest BCUT2D eigenvalue weighted by atomic mass is 10.1. The Labute approximate surface area is 107 Å². The van der Waals surface area contributed by atoms with Gasteiger partial charge in [-0.2, -0.15) is 0 Å². The molecule has 0 amide bonds. The Kier molecular flexibility index (Phi) is 3.40. The summed E-state index contributed by atoms with van der Waals surface area (Å²) in [6.07, 6.45) is 2.01. The van der Waals surface area contributed by atoms with Crippen LogP contribution >= 0.6 is 23.1 Å². The predicted molar refractivity (Wildman–Crippen MR) is 72.9 cm³/mol. The number of thiophene rings is 1. The highest BCUT2D eigenvalue weighted by Crippen LogP contribution is 2.34. The number of nitrogen functional groups attached to an aromatic ring is 1. The molecule has 0 saturated carbocycles. The van der Waals surface area contributed by atoms with Gasteiger partial charge in [-0.15, -0.1) is 23.1 Å². The van der Waals surface area contributed by atoms with Crippen molar-refractivity contribution in [3.63, 3.8) is 0 Å². The summed E-state index contributed by atoms with van der Waals surface area (Å²) in [5.74, 6) is -0.981. The fourth-order valence-corrected chi connectivity index (χ4v) is 2.80. The van der Waals surface area contributed by atoms with Crippen LogP contribution in [-0.4, -0.2) is 17.3 Å². The first-order chi connectivity index (χ1) is 8.11. The molecule has 0 atom stereocenters. The third-order valence-electron chi connectivity index (χ3n) is 2.37. The van der Waals surface area contributed by atoms with Gasteiger partial charge in [-0.1, -0.05) is 12.1 Å². The van der Waals surface area contributed by atoms with Crippen LogP contribution in [0.2, 0.25) is 0 Å². The van der Waals surface area contributed by atoms with E-state index in [0.29, 0.717) is 5.00 Å². The molecule has 0 unspecified atom stereocenters. The second-order valence-electron chi connectivity index (χ2n) is 3.42. The molecule has 2 aromatic rings. The summed E-state index contributed by atoms with van der Waals surface area (Å²) in [5, 5.41) is 9.28. The fourth-order valence-electron chi connectivity index (χ4n) is 1.47. The molecule has 1 heterocycles. The maximum atomic E-state index is 10.9. The van der Waals surface area contributed by atoms with Crippen molar-refractivity contribution in [3.05, 3.63) is 35.9 Å². The highest BCUT2D eigenvalue weighted by atomic mass is 32.2. The van der Waals surface area contributed by atoms with Crippen LogP contribution in [0.4, 0.5) is 5.00 Å². The standard InChI is InChI=1S/C12H11NO2S2/c1-16-8-4-2-7(3-5-8)10-6-9(12(14)15)11(13)17-10/h2-6H,13H2,1H3,(H,14,15). The molecule has 3 nitrogen and oxygen atoms in total.